The Hall–Kier alpha value is -2.68. The van der Waals surface area contributed by atoms with Crippen LogP contribution < -0.4 is 19.5 Å². The van der Waals surface area contributed by atoms with Crippen LogP contribution in [0.5, 0.6) is 17.2 Å². The van der Waals surface area contributed by atoms with Gasteiger partial charge in [0.2, 0.25) is 5.75 Å². The number of hydrogen-bond acceptors (Lipinski definition) is 7. The van der Waals surface area contributed by atoms with Crippen LogP contribution in [-0.2, 0) is 16.1 Å². The fraction of sp³-hybridized carbons (Fsp3) is 0.636. The van der Waals surface area contributed by atoms with Crippen molar-refractivity contribution in [3.05, 3.63) is 17.7 Å². The summed E-state index contributed by atoms with van der Waals surface area (Å²) >= 11 is 0. The number of piperazine rings is 1. The molecule has 0 radical (unpaired) electrons. The number of esters is 1. The Morgan fingerprint density at radius 3 is 2.16 bits per heavy atom. The molecule has 0 atom stereocenters. The Balaban J connectivity index is 1.83. The van der Waals surface area contributed by atoms with Gasteiger partial charge < -0.3 is 29.2 Å². The van der Waals surface area contributed by atoms with Gasteiger partial charge in [-0.3, -0.25) is 14.7 Å². The Labute approximate surface area is 185 Å². The zero-order chi connectivity index (χ0) is 22.6. The highest BCUT2D eigenvalue weighted by Gasteiger charge is 2.21. The van der Waals surface area contributed by atoms with Crippen LogP contribution in [0.15, 0.2) is 17.1 Å². The molecule has 9 nitrogen and oxygen atoms in total. The van der Waals surface area contributed by atoms with Gasteiger partial charge in [-0.1, -0.05) is 0 Å². The Morgan fingerprint density at radius 2 is 1.65 bits per heavy atom. The number of carbonyl (C=O) groups is 1. The van der Waals surface area contributed by atoms with Crippen molar-refractivity contribution >= 4 is 11.9 Å². The fourth-order valence-corrected chi connectivity index (χ4v) is 3.63. The van der Waals surface area contributed by atoms with Crippen molar-refractivity contribution in [2.24, 2.45) is 4.99 Å². The maximum absolute atomic E-state index is 11.2. The number of methoxy groups -OCH3 is 4. The molecule has 1 aliphatic rings. The van der Waals surface area contributed by atoms with Gasteiger partial charge in [0, 0.05) is 52.7 Å². The molecule has 1 heterocycles. The lowest BCUT2D eigenvalue weighted by molar-refractivity contribution is -0.140. The molecule has 174 valence electrons. The summed E-state index contributed by atoms with van der Waals surface area (Å²) in [6, 6.07) is 4.01. The first-order chi connectivity index (χ1) is 15.1. The summed E-state index contributed by atoms with van der Waals surface area (Å²) in [7, 11) is 8.10. The summed E-state index contributed by atoms with van der Waals surface area (Å²) in [5, 5.41) is 3.40. The zero-order valence-corrected chi connectivity index (χ0v) is 19.4. The van der Waals surface area contributed by atoms with Gasteiger partial charge in [0.25, 0.3) is 0 Å². The number of ether oxygens (including phenoxy) is 4. The maximum Gasteiger partial charge on any atom is 0.305 e. The molecule has 1 aliphatic heterocycles. The van der Waals surface area contributed by atoms with E-state index < -0.39 is 0 Å². The number of unbranched alkanes of at least 4 members (excludes halogenated alkanes) is 1. The van der Waals surface area contributed by atoms with E-state index in [1.165, 1.54) is 7.11 Å². The quantitative estimate of drug-likeness (QED) is 0.257. The highest BCUT2D eigenvalue weighted by atomic mass is 16.5. The third-order valence-electron chi connectivity index (χ3n) is 5.33. The predicted molar refractivity (Wildman–Crippen MR) is 120 cm³/mol. The first-order valence-corrected chi connectivity index (χ1v) is 10.6. The number of nitrogens with one attached hydrogen (secondary N) is 1. The Morgan fingerprint density at radius 1 is 1.00 bits per heavy atom. The van der Waals surface area contributed by atoms with E-state index in [4.69, 9.17) is 14.2 Å². The molecule has 1 aromatic carbocycles. The number of guanidine groups is 1. The van der Waals surface area contributed by atoms with Crippen LogP contribution in [0.4, 0.5) is 0 Å². The number of rotatable bonds is 10. The lowest BCUT2D eigenvalue weighted by Crippen LogP contribution is -2.52. The molecule has 0 aliphatic carbocycles. The van der Waals surface area contributed by atoms with Gasteiger partial charge in [-0.15, -0.1) is 0 Å². The lowest BCUT2D eigenvalue weighted by atomic mass is 10.1. The molecule has 0 amide bonds. The van der Waals surface area contributed by atoms with E-state index in [0.717, 1.165) is 63.6 Å². The van der Waals surface area contributed by atoms with Crippen molar-refractivity contribution in [1.82, 2.24) is 15.1 Å². The molecule has 0 spiro atoms. The molecular formula is C22H36N4O5. The molecule has 1 N–H and O–H groups in total. The van der Waals surface area contributed by atoms with Crippen LogP contribution in [0.2, 0.25) is 0 Å². The summed E-state index contributed by atoms with van der Waals surface area (Å²) in [6.07, 6.45) is 2.16. The summed E-state index contributed by atoms with van der Waals surface area (Å²) in [6.45, 7) is 5.25. The highest BCUT2D eigenvalue weighted by Crippen LogP contribution is 2.38. The van der Waals surface area contributed by atoms with E-state index in [-0.39, 0.29) is 5.97 Å². The fourth-order valence-electron chi connectivity index (χ4n) is 3.63. The molecule has 2 rings (SSSR count). The molecule has 1 aromatic rings. The van der Waals surface area contributed by atoms with Crippen molar-refractivity contribution in [1.29, 1.82) is 0 Å². The average molecular weight is 437 g/mol. The summed E-state index contributed by atoms with van der Waals surface area (Å²) in [5.74, 6) is 2.71. The predicted octanol–water partition coefficient (Wildman–Crippen LogP) is 1.75. The van der Waals surface area contributed by atoms with Gasteiger partial charge in [0.15, 0.2) is 17.5 Å². The van der Waals surface area contributed by atoms with Crippen molar-refractivity contribution < 1.29 is 23.7 Å². The second kappa shape index (κ2) is 12.9. The zero-order valence-electron chi connectivity index (χ0n) is 19.4. The first-order valence-electron chi connectivity index (χ1n) is 10.6. The van der Waals surface area contributed by atoms with Crippen molar-refractivity contribution in [3.63, 3.8) is 0 Å². The SMILES string of the molecule is CN=C(NCCCCC(=O)OC)N1CCN(Cc2cc(OC)c(OC)c(OC)c2)CC1. The van der Waals surface area contributed by atoms with Crippen LogP contribution in [-0.4, -0.2) is 89.9 Å². The monoisotopic (exact) mass is 436 g/mol. The van der Waals surface area contributed by atoms with Gasteiger partial charge in [0.05, 0.1) is 28.4 Å². The maximum atomic E-state index is 11.2. The number of hydrogen-bond donors (Lipinski definition) is 1. The molecule has 0 saturated carbocycles. The topological polar surface area (TPSA) is 84.9 Å². The Kier molecular flexibility index (Phi) is 10.2. The minimum absolute atomic E-state index is 0.160. The van der Waals surface area contributed by atoms with E-state index >= 15 is 0 Å². The van der Waals surface area contributed by atoms with Crippen molar-refractivity contribution in [3.8, 4) is 17.2 Å². The largest absolute Gasteiger partial charge is 0.493 e. The molecule has 0 aromatic heterocycles. The summed E-state index contributed by atoms with van der Waals surface area (Å²) < 4.78 is 21.0. The van der Waals surface area contributed by atoms with E-state index in [1.54, 1.807) is 28.4 Å². The molecule has 9 heteroatoms. The summed E-state index contributed by atoms with van der Waals surface area (Å²) in [5.41, 5.74) is 1.12. The smallest absolute Gasteiger partial charge is 0.305 e. The molecule has 0 unspecified atom stereocenters. The second-order valence-electron chi connectivity index (χ2n) is 7.30. The van der Waals surface area contributed by atoms with Crippen LogP contribution >= 0.6 is 0 Å². The van der Waals surface area contributed by atoms with Crippen LogP contribution in [0.1, 0.15) is 24.8 Å². The lowest BCUT2D eigenvalue weighted by Gasteiger charge is -2.36. The number of carbonyl (C=O) groups excluding carboxylic acids is 1. The van der Waals surface area contributed by atoms with Gasteiger partial charge >= 0.3 is 5.97 Å². The van der Waals surface area contributed by atoms with Crippen molar-refractivity contribution in [2.45, 2.75) is 25.8 Å². The van der Waals surface area contributed by atoms with Crippen LogP contribution in [0.25, 0.3) is 0 Å². The van der Waals surface area contributed by atoms with E-state index in [2.05, 4.69) is 24.8 Å². The normalized spacial score (nSPS) is 14.9. The van der Waals surface area contributed by atoms with Gasteiger partial charge in [-0.25, -0.2) is 0 Å². The molecule has 31 heavy (non-hydrogen) atoms. The Bertz CT molecular complexity index is 708. The van der Waals surface area contributed by atoms with E-state index in [1.807, 2.05) is 12.1 Å². The minimum Gasteiger partial charge on any atom is -0.493 e. The number of benzene rings is 1. The third kappa shape index (κ3) is 7.20. The van der Waals surface area contributed by atoms with Gasteiger partial charge in [0.1, 0.15) is 0 Å². The second-order valence-corrected chi connectivity index (χ2v) is 7.30. The minimum atomic E-state index is -0.160. The summed E-state index contributed by atoms with van der Waals surface area (Å²) in [4.78, 5) is 20.3. The molecule has 1 fully saturated rings. The molecular weight excluding hydrogens is 400 g/mol. The van der Waals surface area contributed by atoms with Crippen LogP contribution in [0.3, 0.4) is 0 Å². The highest BCUT2D eigenvalue weighted by molar-refractivity contribution is 5.80. The first kappa shape index (κ1) is 24.6. The van der Waals surface area contributed by atoms with Gasteiger partial charge in [-0.2, -0.15) is 0 Å². The number of nitrogens with zero attached hydrogens (tertiary/aromatic N) is 3. The number of aliphatic imine (C=N–C) groups is 1. The van der Waals surface area contributed by atoms with E-state index in [9.17, 15) is 4.79 Å². The molecule has 0 bridgehead atoms. The van der Waals surface area contributed by atoms with Crippen molar-refractivity contribution in [2.75, 3.05) is 68.2 Å². The average Bonchev–Trinajstić information content (AvgIpc) is 2.81. The molecule has 1 saturated heterocycles. The van der Waals surface area contributed by atoms with Crippen LogP contribution in [0, 0.1) is 0 Å². The third-order valence-corrected chi connectivity index (χ3v) is 5.33. The van der Waals surface area contributed by atoms with Gasteiger partial charge in [-0.05, 0) is 30.5 Å². The standard InChI is InChI=1S/C22H36N4O5/c1-23-22(24-9-7-6-8-20(27)30-4)26-12-10-25(11-13-26)16-17-14-18(28-2)21(31-5)19(15-17)29-3/h14-15H,6-13,16H2,1-5H3,(H,23,24). The van der Waals surface area contributed by atoms with E-state index in [0.29, 0.717) is 23.7 Å².